The number of aromatic nitrogens is 1. The molecule has 9 heteroatoms. The molecular formula is C15H17ClF3N3O2. The highest BCUT2D eigenvalue weighted by molar-refractivity contribution is 6.33. The van der Waals surface area contributed by atoms with Crippen molar-refractivity contribution < 1.29 is 22.7 Å². The zero-order valence-corrected chi connectivity index (χ0v) is 13.6. The highest BCUT2D eigenvalue weighted by Gasteiger charge is 2.33. The van der Waals surface area contributed by atoms with Gasteiger partial charge >= 0.3 is 6.18 Å². The van der Waals surface area contributed by atoms with Crippen LogP contribution in [0, 0.1) is 0 Å². The molecule has 0 bridgehead atoms. The summed E-state index contributed by atoms with van der Waals surface area (Å²) in [6, 6.07) is 0.883. The molecule has 2 saturated heterocycles. The van der Waals surface area contributed by atoms with Crippen LogP contribution in [-0.4, -0.2) is 54.7 Å². The molecule has 2 fully saturated rings. The first-order chi connectivity index (χ1) is 11.4. The number of nitrogens with zero attached hydrogens (tertiary/aromatic N) is 3. The van der Waals surface area contributed by atoms with Crippen molar-refractivity contribution in [2.75, 3.05) is 37.7 Å². The summed E-state index contributed by atoms with van der Waals surface area (Å²) in [5, 5.41) is -0.0382. The van der Waals surface area contributed by atoms with Gasteiger partial charge in [-0.15, -0.1) is 0 Å². The average Bonchev–Trinajstić information content (AvgIpc) is 3.08. The van der Waals surface area contributed by atoms with Gasteiger partial charge in [0.15, 0.2) is 0 Å². The summed E-state index contributed by atoms with van der Waals surface area (Å²) < 4.78 is 43.4. The predicted octanol–water partition coefficient (Wildman–Crippen LogP) is 2.58. The second-order valence-electron chi connectivity index (χ2n) is 5.84. The minimum atomic E-state index is -4.47. The van der Waals surface area contributed by atoms with Crippen LogP contribution >= 0.6 is 11.6 Å². The van der Waals surface area contributed by atoms with E-state index >= 15 is 0 Å². The number of halogens is 4. The van der Waals surface area contributed by atoms with E-state index < -0.39 is 11.7 Å². The first-order valence-electron chi connectivity index (χ1n) is 7.74. The van der Waals surface area contributed by atoms with Crippen LogP contribution in [-0.2, 0) is 15.7 Å². The van der Waals surface area contributed by atoms with Gasteiger partial charge < -0.3 is 14.5 Å². The van der Waals surface area contributed by atoms with E-state index in [4.69, 9.17) is 16.3 Å². The fourth-order valence-corrected chi connectivity index (χ4v) is 3.22. The van der Waals surface area contributed by atoms with Gasteiger partial charge in [-0.25, -0.2) is 4.98 Å². The Balaban J connectivity index is 1.63. The van der Waals surface area contributed by atoms with Crippen LogP contribution in [0.4, 0.5) is 19.0 Å². The van der Waals surface area contributed by atoms with E-state index in [9.17, 15) is 18.0 Å². The van der Waals surface area contributed by atoms with Crippen molar-refractivity contribution in [3.63, 3.8) is 0 Å². The molecule has 1 aromatic heterocycles. The molecule has 1 aromatic rings. The third kappa shape index (κ3) is 3.59. The van der Waals surface area contributed by atoms with Crippen LogP contribution in [0.25, 0.3) is 0 Å². The van der Waals surface area contributed by atoms with Crippen LogP contribution in [0.3, 0.4) is 0 Å². The molecule has 0 aliphatic carbocycles. The van der Waals surface area contributed by atoms with Crippen molar-refractivity contribution in [3.05, 3.63) is 22.8 Å². The van der Waals surface area contributed by atoms with Crippen molar-refractivity contribution >= 4 is 23.3 Å². The summed E-state index contributed by atoms with van der Waals surface area (Å²) >= 11 is 5.97. The molecule has 1 atom stereocenters. The summed E-state index contributed by atoms with van der Waals surface area (Å²) in [7, 11) is 0. The molecule has 3 rings (SSSR count). The lowest BCUT2D eigenvalue weighted by Crippen LogP contribution is -2.51. The van der Waals surface area contributed by atoms with E-state index in [2.05, 4.69) is 4.98 Å². The zero-order valence-electron chi connectivity index (χ0n) is 12.9. The van der Waals surface area contributed by atoms with Crippen molar-refractivity contribution in [3.8, 4) is 0 Å². The number of hydrogen-bond donors (Lipinski definition) is 0. The molecule has 132 valence electrons. The summed E-state index contributed by atoms with van der Waals surface area (Å²) in [6.07, 6.45) is -2.41. The Labute approximate surface area is 142 Å². The molecule has 0 saturated carbocycles. The van der Waals surface area contributed by atoms with Crippen LogP contribution in [0.5, 0.6) is 0 Å². The second kappa shape index (κ2) is 6.76. The van der Waals surface area contributed by atoms with Crippen LogP contribution < -0.4 is 4.90 Å². The topological polar surface area (TPSA) is 45.7 Å². The Bertz CT molecular complexity index is 612. The normalized spacial score (nSPS) is 22.1. The van der Waals surface area contributed by atoms with E-state index in [1.54, 1.807) is 9.80 Å². The summed E-state index contributed by atoms with van der Waals surface area (Å²) in [5.41, 5.74) is -0.872. The molecule has 2 aliphatic rings. The zero-order chi connectivity index (χ0) is 17.3. The van der Waals surface area contributed by atoms with Gasteiger partial charge in [0.2, 0.25) is 0 Å². The number of hydrogen-bond acceptors (Lipinski definition) is 4. The van der Waals surface area contributed by atoms with Crippen molar-refractivity contribution in [2.45, 2.75) is 25.1 Å². The number of anilines is 1. The molecule has 0 unspecified atom stereocenters. The maximum absolute atomic E-state index is 12.7. The lowest BCUT2D eigenvalue weighted by molar-refractivity contribution is -0.141. The number of pyridine rings is 1. The SMILES string of the molecule is O=C([C@H]1CCCO1)N1CCN(c2ncc(C(F)(F)F)cc2Cl)CC1. The summed E-state index contributed by atoms with van der Waals surface area (Å²) in [5.74, 6) is 0.299. The maximum Gasteiger partial charge on any atom is 0.417 e. The molecule has 2 aliphatic heterocycles. The quantitative estimate of drug-likeness (QED) is 0.810. The molecule has 0 N–H and O–H groups in total. The average molecular weight is 364 g/mol. The molecule has 0 spiro atoms. The summed E-state index contributed by atoms with van der Waals surface area (Å²) in [4.78, 5) is 19.7. The third-order valence-electron chi connectivity index (χ3n) is 4.25. The van der Waals surface area contributed by atoms with E-state index in [0.717, 1.165) is 25.1 Å². The highest BCUT2D eigenvalue weighted by atomic mass is 35.5. The first-order valence-corrected chi connectivity index (χ1v) is 8.12. The number of amides is 1. The molecule has 24 heavy (non-hydrogen) atoms. The Kier molecular flexibility index (Phi) is 4.87. The minimum absolute atomic E-state index is 0.0152. The van der Waals surface area contributed by atoms with Gasteiger partial charge in [-0.1, -0.05) is 11.6 Å². The number of ether oxygens (including phenoxy) is 1. The van der Waals surface area contributed by atoms with Gasteiger partial charge in [0.25, 0.3) is 5.91 Å². The predicted molar refractivity (Wildman–Crippen MR) is 82.0 cm³/mol. The van der Waals surface area contributed by atoms with Gasteiger partial charge in [0.1, 0.15) is 11.9 Å². The highest BCUT2D eigenvalue weighted by Crippen LogP contribution is 2.33. The van der Waals surface area contributed by atoms with Crippen LogP contribution in [0.2, 0.25) is 5.02 Å². The van der Waals surface area contributed by atoms with Crippen molar-refractivity contribution in [2.24, 2.45) is 0 Å². The van der Waals surface area contributed by atoms with Crippen molar-refractivity contribution in [1.29, 1.82) is 0 Å². The number of piperazine rings is 1. The summed E-state index contributed by atoms with van der Waals surface area (Å²) in [6.45, 7) is 2.49. The van der Waals surface area contributed by atoms with Crippen LogP contribution in [0.15, 0.2) is 12.3 Å². The van der Waals surface area contributed by atoms with Gasteiger partial charge in [-0.3, -0.25) is 4.79 Å². The number of carbonyl (C=O) groups excluding carboxylic acids is 1. The van der Waals surface area contributed by atoms with Gasteiger partial charge in [-0.2, -0.15) is 13.2 Å². The Morgan fingerprint density at radius 1 is 1.29 bits per heavy atom. The molecule has 3 heterocycles. The lowest BCUT2D eigenvalue weighted by Gasteiger charge is -2.36. The molecule has 0 aromatic carbocycles. The monoisotopic (exact) mass is 363 g/mol. The van der Waals surface area contributed by atoms with E-state index in [-0.39, 0.29) is 17.0 Å². The number of alkyl halides is 3. The molecule has 5 nitrogen and oxygen atoms in total. The van der Waals surface area contributed by atoms with Gasteiger partial charge in [-0.05, 0) is 18.9 Å². The second-order valence-corrected chi connectivity index (χ2v) is 6.25. The van der Waals surface area contributed by atoms with E-state index in [1.807, 2.05) is 0 Å². The fraction of sp³-hybridized carbons (Fsp3) is 0.600. The largest absolute Gasteiger partial charge is 0.417 e. The lowest BCUT2D eigenvalue weighted by atomic mass is 10.2. The minimum Gasteiger partial charge on any atom is -0.368 e. The molecule has 1 amide bonds. The molecule has 0 radical (unpaired) electrons. The Morgan fingerprint density at radius 3 is 2.54 bits per heavy atom. The number of carbonyl (C=O) groups is 1. The smallest absolute Gasteiger partial charge is 0.368 e. The van der Waals surface area contributed by atoms with Crippen LogP contribution in [0.1, 0.15) is 18.4 Å². The van der Waals surface area contributed by atoms with E-state index in [0.29, 0.717) is 38.6 Å². The Morgan fingerprint density at radius 2 is 2.00 bits per heavy atom. The molecular weight excluding hydrogens is 347 g/mol. The number of rotatable bonds is 2. The Hall–Kier alpha value is -1.54. The fourth-order valence-electron chi connectivity index (χ4n) is 2.93. The van der Waals surface area contributed by atoms with E-state index in [1.165, 1.54) is 0 Å². The maximum atomic E-state index is 12.7. The van der Waals surface area contributed by atoms with Gasteiger partial charge in [0, 0.05) is 39.0 Å². The van der Waals surface area contributed by atoms with Crippen molar-refractivity contribution in [1.82, 2.24) is 9.88 Å². The third-order valence-corrected chi connectivity index (χ3v) is 4.52. The first kappa shape index (κ1) is 17.3. The van der Waals surface area contributed by atoms with Gasteiger partial charge in [0.05, 0.1) is 10.6 Å². The standard InChI is InChI=1S/C15H17ClF3N3O2/c16-11-8-10(15(17,18)19)9-20-13(11)21-3-5-22(6-4-21)14(23)12-2-1-7-24-12/h8-9,12H,1-7H2/t12-/m1/s1.